The van der Waals surface area contributed by atoms with Crippen LogP contribution in [0.15, 0.2) is 22.9 Å². The maximum absolute atomic E-state index is 12.5. The van der Waals surface area contributed by atoms with E-state index in [0.717, 1.165) is 36.8 Å². The van der Waals surface area contributed by atoms with Gasteiger partial charge in [0.05, 0.1) is 17.1 Å². The van der Waals surface area contributed by atoms with Crippen LogP contribution in [0.4, 0.5) is 4.79 Å². The number of hydrogen-bond donors (Lipinski definition) is 2. The number of carbonyl (C=O) groups excluding carboxylic acids is 1. The predicted molar refractivity (Wildman–Crippen MR) is 93.8 cm³/mol. The number of thiazole rings is 1. The van der Waals surface area contributed by atoms with Gasteiger partial charge in [-0.2, -0.15) is 0 Å². The molecule has 0 unspecified atom stereocenters. The molecule has 0 aromatic carbocycles. The van der Waals surface area contributed by atoms with Crippen molar-refractivity contribution in [1.29, 1.82) is 0 Å². The Balaban J connectivity index is 1.36. The largest absolute Gasteiger partial charge is 0.332 e. The number of rotatable bonds is 3. The van der Waals surface area contributed by atoms with E-state index < -0.39 is 0 Å². The lowest BCUT2D eigenvalue weighted by atomic mass is 9.95. The van der Waals surface area contributed by atoms with Gasteiger partial charge >= 0.3 is 6.03 Å². The quantitative estimate of drug-likeness (QED) is 0.897. The molecule has 0 radical (unpaired) electrons. The van der Waals surface area contributed by atoms with Crippen molar-refractivity contribution in [2.75, 3.05) is 19.6 Å². The molecule has 2 aromatic heterocycles. The summed E-state index contributed by atoms with van der Waals surface area (Å²) in [6.07, 6.45) is 2.35. The molecular formula is C16H20N4OS2. The Morgan fingerprint density at radius 2 is 2.35 bits per heavy atom. The highest BCUT2D eigenvalue weighted by Crippen LogP contribution is 2.28. The minimum atomic E-state index is 0.0501. The SMILES string of the molecule is O=C(NCc1csc(-c2cccs2)n1)N1C[C@@H]2CC[C@H]1CNC2. The Kier molecular flexibility index (Phi) is 4.33. The van der Waals surface area contributed by atoms with Gasteiger partial charge in [0.2, 0.25) is 0 Å². The lowest BCUT2D eigenvalue weighted by molar-refractivity contribution is 0.142. The summed E-state index contributed by atoms with van der Waals surface area (Å²) < 4.78 is 0. The molecule has 2 N–H and O–H groups in total. The van der Waals surface area contributed by atoms with Gasteiger partial charge in [0.25, 0.3) is 0 Å². The molecule has 0 aliphatic carbocycles. The van der Waals surface area contributed by atoms with Crippen LogP contribution in [0.1, 0.15) is 18.5 Å². The summed E-state index contributed by atoms with van der Waals surface area (Å²) >= 11 is 3.33. The monoisotopic (exact) mass is 348 g/mol. The topological polar surface area (TPSA) is 57.3 Å². The number of piperidine rings is 1. The summed E-state index contributed by atoms with van der Waals surface area (Å²) in [6, 6.07) is 4.50. The highest BCUT2D eigenvalue weighted by atomic mass is 32.1. The van der Waals surface area contributed by atoms with E-state index in [1.54, 1.807) is 22.7 Å². The second kappa shape index (κ2) is 6.59. The van der Waals surface area contributed by atoms with Gasteiger partial charge in [-0.3, -0.25) is 0 Å². The van der Waals surface area contributed by atoms with Gasteiger partial charge in [-0.25, -0.2) is 9.78 Å². The van der Waals surface area contributed by atoms with Crippen LogP contribution in [0.2, 0.25) is 0 Å². The average molecular weight is 348 g/mol. The zero-order valence-corrected chi connectivity index (χ0v) is 14.5. The summed E-state index contributed by atoms with van der Waals surface area (Å²) in [6.45, 7) is 3.34. The lowest BCUT2D eigenvalue weighted by Crippen LogP contribution is -2.51. The Labute approximate surface area is 143 Å². The molecular weight excluding hydrogens is 328 g/mol. The first kappa shape index (κ1) is 15.1. The van der Waals surface area contributed by atoms with Gasteiger partial charge in [0.15, 0.2) is 0 Å². The Morgan fingerprint density at radius 1 is 1.39 bits per heavy atom. The fraction of sp³-hybridized carbons (Fsp3) is 0.500. The van der Waals surface area contributed by atoms with Gasteiger partial charge in [-0.05, 0) is 36.8 Å². The number of carbonyl (C=O) groups is 1. The van der Waals surface area contributed by atoms with E-state index in [1.807, 2.05) is 16.3 Å². The van der Waals surface area contributed by atoms with E-state index in [-0.39, 0.29) is 6.03 Å². The molecule has 2 bridgehead atoms. The zero-order valence-electron chi connectivity index (χ0n) is 12.8. The van der Waals surface area contributed by atoms with Gasteiger partial charge in [0, 0.05) is 24.5 Å². The molecule has 5 rings (SSSR count). The molecule has 7 heteroatoms. The summed E-state index contributed by atoms with van der Waals surface area (Å²) in [4.78, 5) is 20.3. The van der Waals surface area contributed by atoms with Crippen LogP contribution in [0.3, 0.4) is 0 Å². The minimum absolute atomic E-state index is 0.0501. The molecule has 5 nitrogen and oxygen atoms in total. The Morgan fingerprint density at radius 3 is 3.22 bits per heavy atom. The molecule has 3 aliphatic heterocycles. The van der Waals surface area contributed by atoms with Crippen molar-refractivity contribution < 1.29 is 4.79 Å². The fourth-order valence-electron chi connectivity index (χ4n) is 3.35. The van der Waals surface area contributed by atoms with E-state index in [9.17, 15) is 4.79 Å². The van der Waals surface area contributed by atoms with Crippen molar-refractivity contribution >= 4 is 28.7 Å². The molecule has 0 spiro atoms. The van der Waals surface area contributed by atoms with Crippen molar-refractivity contribution in [3.05, 3.63) is 28.6 Å². The van der Waals surface area contributed by atoms with Crippen LogP contribution >= 0.6 is 22.7 Å². The second-order valence-corrected chi connectivity index (χ2v) is 7.99. The first-order valence-electron chi connectivity index (χ1n) is 8.03. The van der Waals surface area contributed by atoms with Crippen molar-refractivity contribution in [2.24, 2.45) is 5.92 Å². The van der Waals surface area contributed by atoms with Gasteiger partial charge < -0.3 is 15.5 Å². The fourth-order valence-corrected chi connectivity index (χ4v) is 4.99. The van der Waals surface area contributed by atoms with Crippen LogP contribution in [-0.2, 0) is 6.54 Å². The predicted octanol–water partition coefficient (Wildman–Crippen LogP) is 2.77. The van der Waals surface area contributed by atoms with Crippen molar-refractivity contribution in [2.45, 2.75) is 25.4 Å². The summed E-state index contributed by atoms with van der Waals surface area (Å²) in [5.74, 6) is 0.601. The maximum atomic E-state index is 12.5. The number of aromatic nitrogens is 1. The van der Waals surface area contributed by atoms with Crippen LogP contribution in [0, 0.1) is 5.92 Å². The maximum Gasteiger partial charge on any atom is 0.318 e. The third kappa shape index (κ3) is 3.27. The third-order valence-corrected chi connectivity index (χ3v) is 6.51. The van der Waals surface area contributed by atoms with Crippen LogP contribution in [-0.4, -0.2) is 41.6 Å². The highest BCUT2D eigenvalue weighted by Gasteiger charge is 2.33. The number of nitrogens with zero attached hydrogens (tertiary/aromatic N) is 2. The molecule has 3 fully saturated rings. The van der Waals surface area contributed by atoms with Gasteiger partial charge in [-0.15, -0.1) is 22.7 Å². The summed E-state index contributed by atoms with van der Waals surface area (Å²) in [7, 11) is 0. The Hall–Kier alpha value is -1.44. The van der Waals surface area contributed by atoms with Crippen molar-refractivity contribution in [3.8, 4) is 9.88 Å². The first-order valence-corrected chi connectivity index (χ1v) is 9.79. The second-order valence-electron chi connectivity index (χ2n) is 6.19. The highest BCUT2D eigenvalue weighted by molar-refractivity contribution is 7.20. The molecule has 2 amide bonds. The van der Waals surface area contributed by atoms with E-state index in [0.29, 0.717) is 18.5 Å². The van der Waals surface area contributed by atoms with Crippen LogP contribution in [0.25, 0.3) is 9.88 Å². The minimum Gasteiger partial charge on any atom is -0.332 e. The molecule has 2 atom stereocenters. The van der Waals surface area contributed by atoms with E-state index in [1.165, 1.54) is 11.3 Å². The van der Waals surface area contributed by atoms with Crippen molar-refractivity contribution in [3.63, 3.8) is 0 Å². The summed E-state index contributed by atoms with van der Waals surface area (Å²) in [5, 5.41) is 11.6. The van der Waals surface area contributed by atoms with Crippen molar-refractivity contribution in [1.82, 2.24) is 20.5 Å². The number of thiophene rings is 1. The standard InChI is InChI=1S/C16H20N4OS2/c21-16(20-9-11-3-4-13(20)8-17-6-11)18-7-12-10-23-15(19-12)14-2-1-5-22-14/h1-2,5,10-11,13,17H,3-4,6-9H2,(H,18,21)/t11-,13+/m1/s1. The molecule has 3 aliphatic rings. The molecule has 0 saturated carbocycles. The van der Waals surface area contributed by atoms with Gasteiger partial charge in [0.1, 0.15) is 5.01 Å². The lowest BCUT2D eigenvalue weighted by Gasteiger charge is -2.36. The third-order valence-electron chi connectivity index (χ3n) is 4.58. The molecule has 122 valence electrons. The molecule has 3 saturated heterocycles. The molecule has 5 heterocycles. The molecule has 23 heavy (non-hydrogen) atoms. The summed E-state index contributed by atoms with van der Waals surface area (Å²) in [5.41, 5.74) is 0.935. The number of urea groups is 1. The normalized spacial score (nSPS) is 23.7. The zero-order chi connectivity index (χ0) is 15.6. The van der Waals surface area contributed by atoms with E-state index in [4.69, 9.17) is 0 Å². The number of amides is 2. The number of nitrogens with one attached hydrogen (secondary N) is 2. The Bertz CT molecular complexity index is 665. The van der Waals surface area contributed by atoms with E-state index in [2.05, 4.69) is 27.1 Å². The smallest absolute Gasteiger partial charge is 0.318 e. The van der Waals surface area contributed by atoms with Gasteiger partial charge in [-0.1, -0.05) is 6.07 Å². The average Bonchev–Trinajstić information content (AvgIpc) is 3.16. The van der Waals surface area contributed by atoms with Crippen LogP contribution in [0.5, 0.6) is 0 Å². The first-order chi connectivity index (χ1) is 11.3. The van der Waals surface area contributed by atoms with E-state index >= 15 is 0 Å². The number of fused-ring (bicyclic) bond motifs is 4. The number of hydrogen-bond acceptors (Lipinski definition) is 5. The molecule has 2 aromatic rings. The van der Waals surface area contributed by atoms with Crippen LogP contribution < -0.4 is 10.6 Å².